The molecule has 3 rings (SSSR count). The predicted molar refractivity (Wildman–Crippen MR) is 103 cm³/mol. The maximum atomic E-state index is 13.0. The van der Waals surface area contributed by atoms with Crippen molar-refractivity contribution in [1.29, 1.82) is 0 Å². The van der Waals surface area contributed by atoms with Crippen LogP contribution in [0, 0.1) is 0 Å². The first-order valence-corrected chi connectivity index (χ1v) is 10.7. The summed E-state index contributed by atoms with van der Waals surface area (Å²) in [4.78, 5) is 34.0. The minimum Gasteiger partial charge on any atom is -0.447 e. The molecular formula is C19H29N3O4S. The highest BCUT2D eigenvalue weighted by Gasteiger charge is 2.31. The van der Waals surface area contributed by atoms with Gasteiger partial charge in [-0.25, -0.2) is 9.78 Å². The fourth-order valence-electron chi connectivity index (χ4n) is 3.77. The van der Waals surface area contributed by atoms with Gasteiger partial charge in [-0.1, -0.05) is 12.8 Å². The number of thiazole rings is 1. The van der Waals surface area contributed by atoms with Crippen LogP contribution in [0.25, 0.3) is 0 Å². The van der Waals surface area contributed by atoms with Crippen molar-refractivity contribution in [2.45, 2.75) is 57.6 Å². The fraction of sp³-hybridized carbons (Fsp3) is 0.737. The molecule has 2 amide bonds. The fourth-order valence-corrected chi connectivity index (χ4v) is 4.52. The van der Waals surface area contributed by atoms with Crippen molar-refractivity contribution in [3.05, 3.63) is 16.1 Å². The Kier molecular flexibility index (Phi) is 7.46. The lowest BCUT2D eigenvalue weighted by atomic mass is 10.0. The van der Waals surface area contributed by atoms with E-state index in [0.29, 0.717) is 23.7 Å². The highest BCUT2D eigenvalue weighted by atomic mass is 32.1. The van der Waals surface area contributed by atoms with Gasteiger partial charge in [0.25, 0.3) is 5.91 Å². The second kappa shape index (κ2) is 10.0. The van der Waals surface area contributed by atoms with Crippen molar-refractivity contribution in [1.82, 2.24) is 14.8 Å². The van der Waals surface area contributed by atoms with Crippen molar-refractivity contribution < 1.29 is 19.1 Å². The van der Waals surface area contributed by atoms with Gasteiger partial charge in [-0.2, -0.15) is 0 Å². The number of ether oxygens (including phenoxy) is 2. The normalized spacial score (nSPS) is 21.0. The van der Waals surface area contributed by atoms with Crippen molar-refractivity contribution in [2.24, 2.45) is 0 Å². The summed E-state index contributed by atoms with van der Waals surface area (Å²) < 4.78 is 10.8. The summed E-state index contributed by atoms with van der Waals surface area (Å²) in [6.45, 7) is 2.82. The standard InChI is InChI=1S/C19H29N3O4S/c1-25-13-16-17(27-14-20-16)18(23)22-11-7-4-8-15(22)12-26-19(24)21-9-5-2-3-6-10-21/h14-15H,2-13H2,1H3. The molecule has 1 aromatic heterocycles. The van der Waals surface area contributed by atoms with E-state index in [-0.39, 0.29) is 24.6 Å². The van der Waals surface area contributed by atoms with Crippen LogP contribution in [0.2, 0.25) is 0 Å². The minimum absolute atomic E-state index is 0.0277. The second-order valence-electron chi connectivity index (χ2n) is 7.19. The lowest BCUT2D eigenvalue weighted by Crippen LogP contribution is -2.47. The molecule has 7 nitrogen and oxygen atoms in total. The largest absolute Gasteiger partial charge is 0.447 e. The van der Waals surface area contributed by atoms with Gasteiger partial charge in [-0.15, -0.1) is 11.3 Å². The molecule has 1 atom stereocenters. The number of carbonyl (C=O) groups is 2. The average Bonchev–Trinajstić information content (AvgIpc) is 2.98. The highest BCUT2D eigenvalue weighted by molar-refractivity contribution is 7.11. The molecule has 27 heavy (non-hydrogen) atoms. The van der Waals surface area contributed by atoms with Crippen LogP contribution in [0.5, 0.6) is 0 Å². The molecule has 2 saturated heterocycles. The summed E-state index contributed by atoms with van der Waals surface area (Å²) >= 11 is 1.34. The Morgan fingerprint density at radius 1 is 1.15 bits per heavy atom. The lowest BCUT2D eigenvalue weighted by Gasteiger charge is -2.35. The number of rotatable bonds is 5. The summed E-state index contributed by atoms with van der Waals surface area (Å²) in [5, 5.41) is 0. The van der Waals surface area contributed by atoms with Gasteiger partial charge in [0.15, 0.2) is 0 Å². The van der Waals surface area contributed by atoms with Gasteiger partial charge in [0, 0.05) is 26.7 Å². The smallest absolute Gasteiger partial charge is 0.409 e. The van der Waals surface area contributed by atoms with Crippen molar-refractivity contribution >= 4 is 23.3 Å². The van der Waals surface area contributed by atoms with E-state index >= 15 is 0 Å². The molecule has 150 valence electrons. The first-order valence-electron chi connectivity index (χ1n) is 9.84. The number of aromatic nitrogens is 1. The predicted octanol–water partition coefficient (Wildman–Crippen LogP) is 3.30. The van der Waals surface area contributed by atoms with Gasteiger partial charge >= 0.3 is 6.09 Å². The third-order valence-electron chi connectivity index (χ3n) is 5.27. The number of amides is 2. The molecule has 3 heterocycles. The molecule has 2 aliphatic rings. The molecule has 0 aliphatic carbocycles. The molecule has 0 saturated carbocycles. The number of piperidine rings is 1. The van der Waals surface area contributed by atoms with E-state index in [1.807, 2.05) is 9.80 Å². The molecule has 8 heteroatoms. The molecule has 0 N–H and O–H groups in total. The Morgan fingerprint density at radius 2 is 1.89 bits per heavy atom. The Balaban J connectivity index is 1.60. The number of nitrogens with zero attached hydrogens (tertiary/aromatic N) is 3. The molecule has 0 radical (unpaired) electrons. The molecule has 1 unspecified atom stereocenters. The quantitative estimate of drug-likeness (QED) is 0.765. The topological polar surface area (TPSA) is 72.0 Å². The summed E-state index contributed by atoms with van der Waals surface area (Å²) in [5.74, 6) is -0.0277. The van der Waals surface area contributed by atoms with E-state index in [2.05, 4.69) is 4.98 Å². The molecule has 0 bridgehead atoms. The van der Waals surface area contributed by atoms with Gasteiger partial charge in [0.05, 0.1) is 23.9 Å². The van der Waals surface area contributed by atoms with Crippen molar-refractivity contribution in [2.75, 3.05) is 33.4 Å². The van der Waals surface area contributed by atoms with E-state index < -0.39 is 0 Å². The molecule has 0 aromatic carbocycles. The zero-order valence-corrected chi connectivity index (χ0v) is 16.8. The monoisotopic (exact) mass is 395 g/mol. The summed E-state index contributed by atoms with van der Waals surface area (Å²) in [5.41, 5.74) is 2.36. The summed E-state index contributed by atoms with van der Waals surface area (Å²) in [7, 11) is 1.60. The van der Waals surface area contributed by atoms with Gasteiger partial charge in [-0.3, -0.25) is 4.79 Å². The van der Waals surface area contributed by atoms with Gasteiger partial charge in [-0.05, 0) is 32.1 Å². The third-order valence-corrected chi connectivity index (χ3v) is 6.12. The van der Waals surface area contributed by atoms with Crippen molar-refractivity contribution in [3.8, 4) is 0 Å². The number of methoxy groups -OCH3 is 1. The first kappa shape index (κ1) is 20.1. The van der Waals surface area contributed by atoms with E-state index in [0.717, 1.165) is 45.2 Å². The van der Waals surface area contributed by atoms with E-state index in [1.165, 1.54) is 24.2 Å². The van der Waals surface area contributed by atoms with E-state index in [4.69, 9.17) is 9.47 Å². The maximum absolute atomic E-state index is 13.0. The Morgan fingerprint density at radius 3 is 2.63 bits per heavy atom. The number of hydrogen-bond acceptors (Lipinski definition) is 6. The molecule has 0 spiro atoms. The SMILES string of the molecule is COCc1ncsc1C(=O)N1CCCCC1COC(=O)N1CCCCCC1. The van der Waals surface area contributed by atoms with E-state index in [1.54, 1.807) is 12.6 Å². The number of carbonyl (C=O) groups excluding carboxylic acids is 2. The van der Waals surface area contributed by atoms with Crippen LogP contribution >= 0.6 is 11.3 Å². The molecular weight excluding hydrogens is 366 g/mol. The zero-order chi connectivity index (χ0) is 19.1. The highest BCUT2D eigenvalue weighted by Crippen LogP contribution is 2.24. The summed E-state index contributed by atoms with van der Waals surface area (Å²) in [6.07, 6.45) is 7.06. The van der Waals surface area contributed by atoms with Gasteiger partial charge < -0.3 is 19.3 Å². The second-order valence-corrected chi connectivity index (χ2v) is 8.04. The average molecular weight is 396 g/mol. The van der Waals surface area contributed by atoms with Crippen LogP contribution in [0.1, 0.15) is 60.3 Å². The van der Waals surface area contributed by atoms with Crippen LogP contribution in [0.15, 0.2) is 5.51 Å². The summed E-state index contributed by atoms with van der Waals surface area (Å²) in [6, 6.07) is -0.0697. The lowest BCUT2D eigenvalue weighted by molar-refractivity contribution is 0.0379. The number of likely N-dealkylation sites (tertiary alicyclic amines) is 2. The van der Waals surface area contributed by atoms with E-state index in [9.17, 15) is 9.59 Å². The Labute approximate surface area is 164 Å². The molecule has 2 fully saturated rings. The molecule has 1 aromatic rings. The van der Waals surface area contributed by atoms with Crippen LogP contribution in [0.3, 0.4) is 0 Å². The van der Waals surface area contributed by atoms with Crippen LogP contribution < -0.4 is 0 Å². The third kappa shape index (κ3) is 5.19. The van der Waals surface area contributed by atoms with Crippen LogP contribution in [-0.4, -0.2) is 66.2 Å². The van der Waals surface area contributed by atoms with Gasteiger partial charge in [0.2, 0.25) is 0 Å². The van der Waals surface area contributed by atoms with Crippen molar-refractivity contribution in [3.63, 3.8) is 0 Å². The van der Waals surface area contributed by atoms with Gasteiger partial charge in [0.1, 0.15) is 11.5 Å². The van der Waals surface area contributed by atoms with Crippen LogP contribution in [-0.2, 0) is 16.1 Å². The Bertz CT molecular complexity index is 628. The number of hydrogen-bond donors (Lipinski definition) is 0. The maximum Gasteiger partial charge on any atom is 0.409 e. The first-order chi connectivity index (χ1) is 13.2. The zero-order valence-electron chi connectivity index (χ0n) is 16.0. The minimum atomic E-state index is -0.243. The van der Waals surface area contributed by atoms with Crippen LogP contribution in [0.4, 0.5) is 4.79 Å². The molecule has 2 aliphatic heterocycles. The Hall–Kier alpha value is -1.67.